The molecular weight excluding hydrogens is 341 g/mol. The molecule has 90 valence electrons. The maximum Gasteiger partial charge on any atom is 0.300 e. The Hall–Kier alpha value is -1.76. The van der Waals surface area contributed by atoms with Gasteiger partial charge < -0.3 is 15.5 Å². The van der Waals surface area contributed by atoms with Crippen molar-refractivity contribution in [3.8, 4) is 0 Å². The number of nitrogens with one attached hydrogen (secondary N) is 1. The SMILES string of the molecule is Nc1ccc2nc(Nc3ccc(I)cc3)oc2c1. The first-order valence-electron chi connectivity index (χ1n) is 5.39. The largest absolute Gasteiger partial charge is 0.423 e. The number of fused-ring (bicyclic) bond motifs is 1. The van der Waals surface area contributed by atoms with Crippen molar-refractivity contribution in [1.29, 1.82) is 0 Å². The zero-order valence-electron chi connectivity index (χ0n) is 9.35. The van der Waals surface area contributed by atoms with E-state index in [4.69, 9.17) is 10.2 Å². The minimum absolute atomic E-state index is 0.469. The first-order valence-corrected chi connectivity index (χ1v) is 6.47. The van der Waals surface area contributed by atoms with Gasteiger partial charge in [-0.2, -0.15) is 4.98 Å². The third-order valence-electron chi connectivity index (χ3n) is 2.51. The summed E-state index contributed by atoms with van der Waals surface area (Å²) in [6.07, 6.45) is 0. The number of benzene rings is 2. The molecule has 3 rings (SSSR count). The van der Waals surface area contributed by atoms with Crippen molar-refractivity contribution in [3.63, 3.8) is 0 Å². The minimum Gasteiger partial charge on any atom is -0.423 e. The molecule has 0 spiro atoms. The van der Waals surface area contributed by atoms with Crippen LogP contribution >= 0.6 is 22.6 Å². The second-order valence-corrected chi connectivity index (χ2v) is 5.12. The molecule has 0 saturated heterocycles. The Kier molecular flexibility index (Phi) is 2.83. The summed E-state index contributed by atoms with van der Waals surface area (Å²) >= 11 is 2.26. The molecule has 5 heteroatoms. The van der Waals surface area contributed by atoms with E-state index in [1.807, 2.05) is 30.3 Å². The summed E-state index contributed by atoms with van der Waals surface area (Å²) in [5.41, 5.74) is 8.77. The van der Waals surface area contributed by atoms with Crippen molar-refractivity contribution in [2.75, 3.05) is 11.1 Å². The van der Waals surface area contributed by atoms with E-state index < -0.39 is 0 Å². The van der Waals surface area contributed by atoms with Crippen molar-refractivity contribution in [3.05, 3.63) is 46.0 Å². The maximum atomic E-state index is 5.69. The fourth-order valence-electron chi connectivity index (χ4n) is 1.65. The molecule has 0 atom stereocenters. The van der Waals surface area contributed by atoms with E-state index in [2.05, 4.69) is 32.9 Å². The molecule has 0 fully saturated rings. The number of hydrogen-bond donors (Lipinski definition) is 2. The van der Waals surface area contributed by atoms with Crippen LogP contribution in [-0.2, 0) is 0 Å². The van der Waals surface area contributed by atoms with Gasteiger partial charge in [-0.1, -0.05) is 0 Å². The molecule has 0 bridgehead atoms. The van der Waals surface area contributed by atoms with Crippen LogP contribution in [0.5, 0.6) is 0 Å². The Bertz CT molecular complexity index is 691. The summed E-state index contributed by atoms with van der Waals surface area (Å²) < 4.78 is 6.76. The zero-order chi connectivity index (χ0) is 12.5. The summed E-state index contributed by atoms with van der Waals surface area (Å²) in [6, 6.07) is 13.9. The fraction of sp³-hybridized carbons (Fsp3) is 0. The average Bonchev–Trinajstić information content (AvgIpc) is 2.73. The number of anilines is 3. The molecule has 3 N–H and O–H groups in total. The number of rotatable bonds is 2. The van der Waals surface area contributed by atoms with Gasteiger partial charge in [0.1, 0.15) is 5.52 Å². The Morgan fingerprint density at radius 3 is 2.67 bits per heavy atom. The molecule has 0 aliphatic heterocycles. The molecule has 18 heavy (non-hydrogen) atoms. The van der Waals surface area contributed by atoms with Gasteiger partial charge in [0.15, 0.2) is 5.58 Å². The third-order valence-corrected chi connectivity index (χ3v) is 3.23. The number of nitrogens with two attached hydrogens (primary N) is 1. The van der Waals surface area contributed by atoms with Crippen molar-refractivity contribution in [2.45, 2.75) is 0 Å². The Morgan fingerprint density at radius 1 is 1.11 bits per heavy atom. The number of nitrogens with zero attached hydrogens (tertiary/aromatic N) is 1. The number of hydrogen-bond acceptors (Lipinski definition) is 4. The number of oxazole rings is 1. The van der Waals surface area contributed by atoms with Crippen LogP contribution in [0, 0.1) is 3.57 Å². The lowest BCUT2D eigenvalue weighted by molar-refractivity contribution is 0.623. The molecular formula is C13H10IN3O. The highest BCUT2D eigenvalue weighted by Gasteiger charge is 2.05. The summed E-state index contributed by atoms with van der Waals surface area (Å²) in [7, 11) is 0. The molecule has 1 heterocycles. The first kappa shape index (κ1) is 11.3. The average molecular weight is 351 g/mol. The normalized spacial score (nSPS) is 10.7. The predicted molar refractivity (Wildman–Crippen MR) is 80.9 cm³/mol. The van der Waals surface area contributed by atoms with Crippen LogP contribution in [-0.4, -0.2) is 4.98 Å². The topological polar surface area (TPSA) is 64.1 Å². The van der Waals surface area contributed by atoms with E-state index in [0.29, 0.717) is 17.3 Å². The summed E-state index contributed by atoms with van der Waals surface area (Å²) in [4.78, 5) is 4.34. The van der Waals surface area contributed by atoms with E-state index in [1.165, 1.54) is 3.57 Å². The monoisotopic (exact) mass is 351 g/mol. The highest BCUT2D eigenvalue weighted by Crippen LogP contribution is 2.23. The van der Waals surface area contributed by atoms with Gasteiger partial charge >= 0.3 is 0 Å². The van der Waals surface area contributed by atoms with Crippen LogP contribution in [0.4, 0.5) is 17.4 Å². The fourth-order valence-corrected chi connectivity index (χ4v) is 2.01. The highest BCUT2D eigenvalue weighted by atomic mass is 127. The van der Waals surface area contributed by atoms with E-state index in [0.717, 1.165) is 11.2 Å². The van der Waals surface area contributed by atoms with Gasteiger partial charge in [-0.3, -0.25) is 0 Å². The van der Waals surface area contributed by atoms with Crippen LogP contribution in [0.2, 0.25) is 0 Å². The van der Waals surface area contributed by atoms with Gasteiger partial charge in [-0.05, 0) is 59.0 Å². The van der Waals surface area contributed by atoms with E-state index in [-0.39, 0.29) is 0 Å². The second kappa shape index (κ2) is 4.49. The van der Waals surface area contributed by atoms with Gasteiger partial charge in [0, 0.05) is 21.0 Å². The first-order chi connectivity index (χ1) is 8.70. The Balaban J connectivity index is 1.92. The quantitative estimate of drug-likeness (QED) is 0.545. The van der Waals surface area contributed by atoms with Crippen molar-refractivity contribution < 1.29 is 4.42 Å². The molecule has 0 saturated carbocycles. The predicted octanol–water partition coefficient (Wildman–Crippen LogP) is 3.76. The van der Waals surface area contributed by atoms with Gasteiger partial charge in [-0.15, -0.1) is 0 Å². The van der Waals surface area contributed by atoms with Crippen molar-refractivity contribution in [2.24, 2.45) is 0 Å². The second-order valence-electron chi connectivity index (χ2n) is 3.88. The molecule has 2 aromatic carbocycles. The van der Waals surface area contributed by atoms with Crippen LogP contribution in [0.3, 0.4) is 0 Å². The molecule has 0 unspecified atom stereocenters. The molecule has 0 aliphatic carbocycles. The third kappa shape index (κ3) is 2.26. The van der Waals surface area contributed by atoms with Crippen molar-refractivity contribution in [1.82, 2.24) is 4.98 Å². The molecule has 4 nitrogen and oxygen atoms in total. The zero-order valence-corrected chi connectivity index (χ0v) is 11.5. The number of aromatic nitrogens is 1. The smallest absolute Gasteiger partial charge is 0.300 e. The summed E-state index contributed by atoms with van der Waals surface area (Å²) in [5, 5.41) is 3.12. The van der Waals surface area contributed by atoms with E-state index in [9.17, 15) is 0 Å². The molecule has 3 aromatic rings. The summed E-state index contributed by atoms with van der Waals surface area (Å²) in [6.45, 7) is 0. The highest BCUT2D eigenvalue weighted by molar-refractivity contribution is 14.1. The number of nitrogen functional groups attached to an aromatic ring is 1. The number of halogens is 1. The maximum absolute atomic E-state index is 5.69. The van der Waals surface area contributed by atoms with Crippen LogP contribution in [0.25, 0.3) is 11.1 Å². The molecule has 0 amide bonds. The Morgan fingerprint density at radius 2 is 1.89 bits per heavy atom. The minimum atomic E-state index is 0.469. The summed E-state index contributed by atoms with van der Waals surface area (Å²) in [5.74, 6) is 0. The lowest BCUT2D eigenvalue weighted by atomic mass is 10.3. The lowest BCUT2D eigenvalue weighted by Crippen LogP contribution is -1.89. The molecule has 0 aliphatic rings. The van der Waals surface area contributed by atoms with Crippen molar-refractivity contribution >= 4 is 51.1 Å². The van der Waals surface area contributed by atoms with Crippen LogP contribution in [0.1, 0.15) is 0 Å². The molecule has 0 radical (unpaired) electrons. The van der Waals surface area contributed by atoms with Gasteiger partial charge in [-0.25, -0.2) is 0 Å². The molecule has 1 aromatic heterocycles. The van der Waals surface area contributed by atoms with E-state index >= 15 is 0 Å². The van der Waals surface area contributed by atoms with Gasteiger partial charge in [0.2, 0.25) is 0 Å². The standard InChI is InChI=1S/C13H10IN3O/c14-8-1-4-10(5-2-8)16-13-17-11-6-3-9(15)7-12(11)18-13/h1-7H,15H2,(H,16,17). The van der Waals surface area contributed by atoms with Gasteiger partial charge in [0.25, 0.3) is 6.01 Å². The van der Waals surface area contributed by atoms with E-state index in [1.54, 1.807) is 12.1 Å². The lowest BCUT2D eigenvalue weighted by Gasteiger charge is -2.00. The van der Waals surface area contributed by atoms with Crippen LogP contribution in [0.15, 0.2) is 46.9 Å². The van der Waals surface area contributed by atoms with Crippen LogP contribution < -0.4 is 11.1 Å². The van der Waals surface area contributed by atoms with Gasteiger partial charge in [0.05, 0.1) is 0 Å². The Labute approximate surface area is 117 Å².